The first-order valence-corrected chi connectivity index (χ1v) is 13.4. The molecule has 1 amide bonds. The number of carbonyl (C=O) groups is 1. The van der Waals surface area contributed by atoms with E-state index in [0.29, 0.717) is 32.8 Å². The Bertz CT molecular complexity index is 565. The number of aromatic nitrogens is 1. The molecular weight excluding hydrogens is 440 g/mol. The van der Waals surface area contributed by atoms with E-state index in [1.807, 2.05) is 22.9 Å². The topological polar surface area (TPSA) is 69.7 Å². The molecule has 1 N–H and O–H groups in total. The molecular formula is C21H38N2O4S3. The second kappa shape index (κ2) is 18.0. The molecule has 0 fully saturated rings. The SMILES string of the molecule is COCc1cc(OCCCCNC(=O)CCC(C)(C)SSC)cc(COC)n1.CS. The molecule has 0 unspecified atom stereocenters. The number of hydrogen-bond donors (Lipinski definition) is 2. The number of thiol groups is 1. The van der Waals surface area contributed by atoms with Crippen molar-refractivity contribution < 1.29 is 19.0 Å². The fourth-order valence-electron chi connectivity index (χ4n) is 2.56. The number of ether oxygens (including phenoxy) is 3. The standard InChI is InChI=1S/C20H34N2O4S2.CH4S/c1-20(2,28-27-5)9-8-19(23)21-10-6-7-11-26-18-12-16(14-24-3)22-17(13-18)15-25-4;1-2/h12-13H,6-11,14-15H2,1-5H3,(H,21,23);2H,1H3. The van der Waals surface area contributed by atoms with Crippen molar-refractivity contribution in [1.82, 2.24) is 10.3 Å². The quantitative estimate of drug-likeness (QED) is 0.214. The third-order valence-corrected chi connectivity index (χ3v) is 6.59. The van der Waals surface area contributed by atoms with Gasteiger partial charge in [-0.15, -0.1) is 0 Å². The van der Waals surface area contributed by atoms with E-state index >= 15 is 0 Å². The highest BCUT2D eigenvalue weighted by Gasteiger charge is 2.19. The van der Waals surface area contributed by atoms with Gasteiger partial charge in [0.25, 0.3) is 0 Å². The third-order valence-electron chi connectivity index (χ3n) is 3.91. The highest BCUT2D eigenvalue weighted by molar-refractivity contribution is 8.76. The van der Waals surface area contributed by atoms with Gasteiger partial charge in [-0.1, -0.05) is 21.6 Å². The van der Waals surface area contributed by atoms with Crippen LogP contribution < -0.4 is 10.1 Å². The Balaban J connectivity index is 0.00000407. The van der Waals surface area contributed by atoms with Crippen LogP contribution in [0.4, 0.5) is 0 Å². The summed E-state index contributed by atoms with van der Waals surface area (Å²) >= 11 is 3.53. The Morgan fingerprint density at radius 2 is 1.73 bits per heavy atom. The lowest BCUT2D eigenvalue weighted by molar-refractivity contribution is -0.121. The second-order valence-electron chi connectivity index (χ2n) is 7.07. The van der Waals surface area contributed by atoms with Crippen molar-refractivity contribution in [2.45, 2.75) is 57.5 Å². The first kappa shape index (κ1) is 29.4. The highest BCUT2D eigenvalue weighted by Crippen LogP contribution is 2.36. The van der Waals surface area contributed by atoms with Crippen LogP contribution in [0, 0.1) is 0 Å². The molecule has 0 aliphatic rings. The zero-order chi connectivity index (χ0) is 22.8. The van der Waals surface area contributed by atoms with Gasteiger partial charge in [0, 0.05) is 44.1 Å². The lowest BCUT2D eigenvalue weighted by Gasteiger charge is -2.21. The normalized spacial score (nSPS) is 10.9. The van der Waals surface area contributed by atoms with E-state index in [-0.39, 0.29) is 10.7 Å². The predicted octanol–water partition coefficient (Wildman–Crippen LogP) is 4.77. The van der Waals surface area contributed by atoms with Gasteiger partial charge in [0.05, 0.1) is 31.2 Å². The lowest BCUT2D eigenvalue weighted by Crippen LogP contribution is -2.26. The Kier molecular flexibility index (Phi) is 17.6. The van der Waals surface area contributed by atoms with Crippen LogP contribution in [0.25, 0.3) is 0 Å². The number of rotatable bonds is 15. The molecule has 0 spiro atoms. The second-order valence-corrected chi connectivity index (χ2v) is 10.2. The average molecular weight is 479 g/mol. The minimum atomic E-state index is 0.123. The summed E-state index contributed by atoms with van der Waals surface area (Å²) in [6, 6.07) is 3.78. The maximum Gasteiger partial charge on any atom is 0.220 e. The van der Waals surface area contributed by atoms with Gasteiger partial charge in [0.2, 0.25) is 5.91 Å². The van der Waals surface area contributed by atoms with Crippen molar-refractivity contribution in [3.05, 3.63) is 23.5 Å². The highest BCUT2D eigenvalue weighted by atomic mass is 33.1. The van der Waals surface area contributed by atoms with Crippen LogP contribution in [0.1, 0.15) is 50.9 Å². The number of nitrogens with zero attached hydrogens (tertiary/aromatic N) is 1. The van der Waals surface area contributed by atoms with Gasteiger partial charge >= 0.3 is 0 Å². The summed E-state index contributed by atoms with van der Waals surface area (Å²) in [5.41, 5.74) is 1.64. The average Bonchev–Trinajstić information content (AvgIpc) is 2.71. The van der Waals surface area contributed by atoms with E-state index in [0.717, 1.165) is 36.4 Å². The Labute approximate surface area is 195 Å². The first-order valence-electron chi connectivity index (χ1n) is 9.94. The summed E-state index contributed by atoms with van der Waals surface area (Å²) in [5, 5.41) is 2.99. The number of amides is 1. The van der Waals surface area contributed by atoms with Crippen LogP contribution in [0.2, 0.25) is 0 Å². The summed E-state index contributed by atoms with van der Waals surface area (Å²) in [7, 11) is 6.84. The monoisotopic (exact) mass is 478 g/mol. The number of unbranched alkanes of at least 4 members (excludes halogenated alkanes) is 1. The summed E-state index contributed by atoms with van der Waals surface area (Å²) in [6.07, 6.45) is 6.96. The molecule has 174 valence electrons. The molecule has 1 aromatic rings. The van der Waals surface area contributed by atoms with Crippen LogP contribution in [0.15, 0.2) is 12.1 Å². The van der Waals surface area contributed by atoms with Gasteiger partial charge < -0.3 is 19.5 Å². The van der Waals surface area contributed by atoms with E-state index in [1.54, 1.807) is 31.3 Å². The van der Waals surface area contributed by atoms with Crippen LogP contribution >= 0.6 is 34.2 Å². The number of hydrogen-bond acceptors (Lipinski definition) is 8. The number of nitrogens with one attached hydrogen (secondary N) is 1. The largest absolute Gasteiger partial charge is 0.493 e. The van der Waals surface area contributed by atoms with E-state index in [9.17, 15) is 4.79 Å². The summed E-state index contributed by atoms with van der Waals surface area (Å²) < 4.78 is 16.3. The van der Waals surface area contributed by atoms with Gasteiger partial charge in [-0.3, -0.25) is 9.78 Å². The van der Waals surface area contributed by atoms with Crippen molar-refractivity contribution >= 4 is 40.1 Å². The maximum absolute atomic E-state index is 12.0. The van der Waals surface area contributed by atoms with Gasteiger partial charge in [0.1, 0.15) is 5.75 Å². The molecule has 0 aliphatic carbocycles. The van der Waals surface area contributed by atoms with Crippen LogP contribution in [0.3, 0.4) is 0 Å². The molecule has 1 rings (SSSR count). The van der Waals surface area contributed by atoms with Gasteiger partial charge in [-0.2, -0.15) is 12.6 Å². The third kappa shape index (κ3) is 14.4. The summed E-state index contributed by atoms with van der Waals surface area (Å²) in [4.78, 5) is 16.4. The van der Waals surface area contributed by atoms with E-state index < -0.39 is 0 Å². The van der Waals surface area contributed by atoms with Gasteiger partial charge in [-0.05, 0) is 45.6 Å². The molecule has 1 heterocycles. The van der Waals surface area contributed by atoms with Crippen molar-refractivity contribution in [3.63, 3.8) is 0 Å². The molecule has 6 nitrogen and oxygen atoms in total. The van der Waals surface area contributed by atoms with E-state index in [4.69, 9.17) is 14.2 Å². The molecule has 0 saturated heterocycles. The lowest BCUT2D eigenvalue weighted by atomic mass is 10.1. The van der Waals surface area contributed by atoms with Crippen LogP contribution in [0.5, 0.6) is 5.75 Å². The minimum Gasteiger partial charge on any atom is -0.493 e. The minimum absolute atomic E-state index is 0.123. The summed E-state index contributed by atoms with van der Waals surface area (Å²) in [6.45, 7) is 6.50. The van der Waals surface area contributed by atoms with Gasteiger partial charge in [-0.25, -0.2) is 0 Å². The van der Waals surface area contributed by atoms with Crippen molar-refractivity contribution in [1.29, 1.82) is 0 Å². The zero-order valence-electron chi connectivity index (χ0n) is 19.2. The van der Waals surface area contributed by atoms with Crippen LogP contribution in [-0.4, -0.2) is 55.5 Å². The first-order chi connectivity index (χ1) is 14.4. The molecule has 0 saturated carbocycles. The molecule has 0 bridgehead atoms. The molecule has 1 aromatic heterocycles. The zero-order valence-corrected chi connectivity index (χ0v) is 21.7. The molecule has 30 heavy (non-hydrogen) atoms. The van der Waals surface area contributed by atoms with Crippen molar-refractivity contribution in [2.24, 2.45) is 0 Å². The summed E-state index contributed by atoms with van der Waals surface area (Å²) in [5.74, 6) is 0.893. The fourth-order valence-corrected chi connectivity index (χ4v) is 4.80. The molecule has 0 aliphatic heterocycles. The van der Waals surface area contributed by atoms with Crippen LogP contribution in [-0.2, 0) is 27.5 Å². The fraction of sp³-hybridized carbons (Fsp3) is 0.714. The number of carbonyl (C=O) groups excluding carboxylic acids is 1. The molecule has 0 aromatic carbocycles. The Hall–Kier alpha value is -0.610. The predicted molar refractivity (Wildman–Crippen MR) is 133 cm³/mol. The van der Waals surface area contributed by atoms with Crippen molar-refractivity contribution in [2.75, 3.05) is 39.9 Å². The van der Waals surface area contributed by atoms with Gasteiger partial charge in [0.15, 0.2) is 0 Å². The van der Waals surface area contributed by atoms with Crippen molar-refractivity contribution in [3.8, 4) is 5.75 Å². The molecule has 9 heteroatoms. The number of methoxy groups -OCH3 is 2. The smallest absolute Gasteiger partial charge is 0.220 e. The number of pyridine rings is 1. The Morgan fingerprint density at radius 3 is 2.27 bits per heavy atom. The Morgan fingerprint density at radius 1 is 1.13 bits per heavy atom. The molecule has 0 radical (unpaired) electrons. The van der Waals surface area contributed by atoms with E-state index in [1.165, 1.54) is 0 Å². The molecule has 0 atom stereocenters. The van der Waals surface area contributed by atoms with E-state index in [2.05, 4.69) is 43.0 Å². The maximum atomic E-state index is 12.0.